The molecule has 15 heteroatoms. The van der Waals surface area contributed by atoms with E-state index in [2.05, 4.69) is 15.3 Å². The number of nitrogens with two attached hydrogens (primary N) is 1. The summed E-state index contributed by atoms with van der Waals surface area (Å²) in [5, 5.41) is 2.05. The van der Waals surface area contributed by atoms with Gasteiger partial charge in [-0.1, -0.05) is 33.3 Å². The number of benzene rings is 2. The Morgan fingerprint density at radius 2 is 1.80 bits per heavy atom. The number of amides is 1. The fourth-order valence-electron chi connectivity index (χ4n) is 4.38. The molecule has 0 spiro atoms. The van der Waals surface area contributed by atoms with Crippen molar-refractivity contribution < 1.29 is 33.0 Å². The van der Waals surface area contributed by atoms with Crippen molar-refractivity contribution in [3.63, 3.8) is 0 Å². The molecule has 0 unspecified atom stereocenters. The quantitative estimate of drug-likeness (QED) is 0.188. The van der Waals surface area contributed by atoms with Gasteiger partial charge in [-0.15, -0.1) is 0 Å². The number of hydrogen-bond donors (Lipinski definition) is 2. The largest absolute Gasteiger partial charge is 0.386 e. The number of anilines is 3. The number of fused-ring (bicyclic) bond motifs is 2. The van der Waals surface area contributed by atoms with E-state index in [-0.39, 0.29) is 23.9 Å². The summed E-state index contributed by atoms with van der Waals surface area (Å²) >= 11 is 0. The Kier molecular flexibility index (Phi) is 6.73. The Morgan fingerprint density at radius 1 is 1.10 bits per heavy atom. The van der Waals surface area contributed by atoms with Crippen molar-refractivity contribution in [2.75, 3.05) is 29.5 Å². The van der Waals surface area contributed by atoms with Crippen LogP contribution < -0.4 is 16.0 Å². The second-order valence-corrected chi connectivity index (χ2v) is 11.7. The normalized spacial score (nSPS) is 14.8. The number of halogens is 7. The number of nitrogens with zero attached hydrogens (tertiary/aromatic N) is 4. The van der Waals surface area contributed by atoms with E-state index in [0.29, 0.717) is 52.9 Å². The summed E-state index contributed by atoms with van der Waals surface area (Å²) in [6.07, 6.45) is 4.62. The van der Waals surface area contributed by atoms with Gasteiger partial charge in [-0.3, -0.25) is 9.20 Å². The first-order valence-corrected chi connectivity index (χ1v) is 13.8. The molecule has 3 heterocycles. The number of imidazole rings is 1. The zero-order chi connectivity index (χ0) is 29.7. The van der Waals surface area contributed by atoms with Crippen LogP contribution in [0.4, 0.5) is 45.4 Å². The molecule has 2 aromatic heterocycles. The highest BCUT2D eigenvalue weighted by Gasteiger charge is 2.65. The van der Waals surface area contributed by atoms with Gasteiger partial charge in [0.15, 0.2) is 0 Å². The molecule has 216 valence electrons. The van der Waals surface area contributed by atoms with Crippen LogP contribution in [-0.4, -0.2) is 34.4 Å². The molecule has 2 aromatic carbocycles. The van der Waals surface area contributed by atoms with Gasteiger partial charge in [-0.05, 0) is 36.8 Å². The second kappa shape index (κ2) is 9.28. The average molecular weight is 591 g/mol. The predicted molar refractivity (Wildman–Crippen MR) is 141 cm³/mol. The van der Waals surface area contributed by atoms with Gasteiger partial charge in [-0.2, -0.15) is 0 Å². The van der Waals surface area contributed by atoms with Gasteiger partial charge >= 0.3 is 10.2 Å². The van der Waals surface area contributed by atoms with Gasteiger partial charge in [0.25, 0.3) is 0 Å². The molecule has 0 bridgehead atoms. The van der Waals surface area contributed by atoms with Gasteiger partial charge in [0, 0.05) is 48.7 Å². The maximum Gasteiger partial charge on any atom is 0.310 e. The number of nitrogens with one attached hydrogen (secondary N) is 1. The summed E-state index contributed by atoms with van der Waals surface area (Å²) in [7, 11) is -8.58. The van der Waals surface area contributed by atoms with Crippen LogP contribution in [0, 0.1) is 11.6 Å². The van der Waals surface area contributed by atoms with Crippen LogP contribution in [0.5, 0.6) is 0 Å². The van der Waals surface area contributed by atoms with Crippen LogP contribution in [0.3, 0.4) is 0 Å². The molecule has 4 aromatic rings. The van der Waals surface area contributed by atoms with E-state index in [4.69, 9.17) is 5.73 Å². The third-order valence-corrected chi connectivity index (χ3v) is 7.44. The van der Waals surface area contributed by atoms with Crippen molar-refractivity contribution in [2.45, 2.75) is 31.1 Å². The zero-order valence-corrected chi connectivity index (χ0v) is 22.3. The Morgan fingerprint density at radius 3 is 2.40 bits per heavy atom. The summed E-state index contributed by atoms with van der Waals surface area (Å²) < 4.78 is 91.0. The smallest absolute Gasteiger partial charge is 0.310 e. The minimum Gasteiger partial charge on any atom is -0.386 e. The number of carbonyl (C=O) groups excluding carboxylic acids is 1. The van der Waals surface area contributed by atoms with E-state index in [9.17, 15) is 28.6 Å². The van der Waals surface area contributed by atoms with Gasteiger partial charge in [-0.25, -0.2) is 18.7 Å². The summed E-state index contributed by atoms with van der Waals surface area (Å²) in [6, 6.07) is 3.85. The summed E-state index contributed by atoms with van der Waals surface area (Å²) in [6.45, 7) is 4.54. The summed E-state index contributed by atoms with van der Waals surface area (Å²) in [5.74, 6) is -0.116. The van der Waals surface area contributed by atoms with E-state index < -0.39 is 26.6 Å². The maximum atomic E-state index is 15.2. The molecular weight excluding hydrogens is 565 g/mol. The highest BCUT2D eigenvalue weighted by atomic mass is 32.5. The highest BCUT2D eigenvalue weighted by Crippen LogP contribution is 3.02. The van der Waals surface area contributed by atoms with Crippen molar-refractivity contribution >= 4 is 39.3 Å². The monoisotopic (exact) mass is 590 g/mol. The summed E-state index contributed by atoms with van der Waals surface area (Å²) in [4.78, 5) is 19.3. The van der Waals surface area contributed by atoms with E-state index in [1.807, 2.05) is 18.2 Å². The Hall–Kier alpha value is -4.01. The first kappa shape index (κ1) is 29.0. The van der Waals surface area contributed by atoms with Gasteiger partial charge in [0.05, 0.1) is 5.69 Å². The lowest BCUT2D eigenvalue weighted by Crippen LogP contribution is -2.17. The second-order valence-electron chi connectivity index (χ2n) is 9.34. The number of hydrogen-bond acceptors (Lipinski definition) is 5. The first-order chi connectivity index (χ1) is 18.5. The molecule has 3 N–H and O–H groups in total. The molecular formula is C25H25F7N6OS. The van der Waals surface area contributed by atoms with E-state index in [0.717, 1.165) is 19.3 Å². The zero-order valence-electron chi connectivity index (χ0n) is 21.4. The molecule has 1 aliphatic rings. The average Bonchev–Trinajstić information content (AvgIpc) is 3.46. The van der Waals surface area contributed by atoms with Crippen molar-refractivity contribution in [1.82, 2.24) is 14.4 Å². The number of rotatable bonds is 5. The molecule has 7 nitrogen and oxygen atoms in total. The van der Waals surface area contributed by atoms with E-state index in [1.54, 1.807) is 24.5 Å². The molecule has 0 fully saturated rings. The number of aromatic nitrogens is 3. The van der Waals surface area contributed by atoms with Crippen molar-refractivity contribution in [2.24, 2.45) is 0 Å². The molecule has 1 aliphatic heterocycles. The lowest BCUT2D eigenvalue weighted by atomic mass is 10.0. The first-order valence-electron chi connectivity index (χ1n) is 11.8. The number of nitrogen functional groups attached to an aromatic ring is 1. The van der Waals surface area contributed by atoms with E-state index >= 15 is 4.39 Å². The van der Waals surface area contributed by atoms with Crippen molar-refractivity contribution in [3.8, 4) is 11.3 Å². The summed E-state index contributed by atoms with van der Waals surface area (Å²) in [5.41, 5.74) is 8.08. The molecule has 0 atom stereocenters. The van der Waals surface area contributed by atoms with Gasteiger partial charge < -0.3 is 16.0 Å². The minimum absolute atomic E-state index is 0.0255. The molecule has 0 saturated heterocycles. The van der Waals surface area contributed by atoms with Crippen LogP contribution in [0.2, 0.25) is 0 Å². The fourth-order valence-corrected chi connectivity index (χ4v) is 5.05. The Bertz CT molecular complexity index is 1620. The molecule has 0 aliphatic carbocycles. The third kappa shape index (κ3) is 5.37. The third-order valence-electron chi connectivity index (χ3n) is 6.29. The van der Waals surface area contributed by atoms with Crippen molar-refractivity contribution in [3.05, 3.63) is 65.7 Å². The van der Waals surface area contributed by atoms with Crippen molar-refractivity contribution in [1.29, 1.82) is 0 Å². The van der Waals surface area contributed by atoms with Crippen LogP contribution >= 0.6 is 10.2 Å². The van der Waals surface area contributed by atoms with Gasteiger partial charge in [0.2, 0.25) is 6.41 Å². The van der Waals surface area contributed by atoms with Gasteiger partial charge in [0.1, 0.15) is 39.4 Å². The minimum atomic E-state index is -9.71. The molecule has 1 amide bonds. The molecule has 0 radical (unpaired) electrons. The SMILES string of the molecule is CC(C)c1nc(-c2ccc3c(c2F)CCN3C=O)c2c(N)nccn12.CNc1cc(S(F)(F)(F)(F)F)ccc1F. The molecule has 40 heavy (non-hydrogen) atoms. The maximum absolute atomic E-state index is 15.2. The fraction of sp³-hybridized carbons (Fsp3) is 0.240. The topological polar surface area (TPSA) is 88.5 Å². The van der Waals surface area contributed by atoms with Crippen LogP contribution in [0.1, 0.15) is 31.2 Å². The van der Waals surface area contributed by atoms with Crippen LogP contribution in [-0.2, 0) is 11.2 Å². The predicted octanol–water partition coefficient (Wildman–Crippen LogP) is 7.28. The number of carbonyl (C=O) groups is 1. The Balaban J connectivity index is 0.000000212. The highest BCUT2D eigenvalue weighted by molar-refractivity contribution is 8.45. The molecule has 5 rings (SSSR count). The standard InChI is InChI=1S/C18H18FN5O.C7H7F6NS/c1-10(2)18-22-15(16-17(20)21-6-8-24(16)18)12-3-4-13-11(14(12)19)5-7-23(13)9-25;1-14-7-4-5(2-3-6(7)8)15(9,10,11,12)13/h3-4,6,8-10H,5,7H2,1-2H3,(H2,20,21);2-4,14H,1H3. The Labute approximate surface area is 224 Å². The van der Waals surface area contributed by atoms with Crippen LogP contribution in [0.15, 0.2) is 47.6 Å². The van der Waals surface area contributed by atoms with E-state index in [1.165, 1.54) is 4.90 Å². The lowest BCUT2D eigenvalue weighted by molar-refractivity contribution is -0.107. The molecule has 0 saturated carbocycles. The lowest BCUT2D eigenvalue weighted by Gasteiger charge is -2.40. The van der Waals surface area contributed by atoms with Crippen LogP contribution in [0.25, 0.3) is 16.8 Å².